The van der Waals surface area contributed by atoms with Crippen LogP contribution in [0, 0.1) is 0 Å². The molecule has 0 aliphatic rings. The highest BCUT2D eigenvalue weighted by Gasteiger charge is 2.17. The molecule has 2 rings (SSSR count). The third-order valence-corrected chi connectivity index (χ3v) is 2.88. The Balaban J connectivity index is 2.75. The summed E-state index contributed by atoms with van der Waals surface area (Å²) >= 11 is 1.53. The van der Waals surface area contributed by atoms with Gasteiger partial charge >= 0.3 is 0 Å². The number of nitrogens with zero attached hydrogens (tertiary/aromatic N) is 2. The molecule has 0 amide bonds. The van der Waals surface area contributed by atoms with Crippen LogP contribution in [-0.2, 0) is 5.41 Å². The average Bonchev–Trinajstić information content (AvgIpc) is 2.48. The Morgan fingerprint density at radius 2 is 2.08 bits per heavy atom. The van der Waals surface area contributed by atoms with E-state index in [2.05, 4.69) is 36.2 Å². The molecule has 2 aromatic rings. The van der Waals surface area contributed by atoms with Crippen molar-refractivity contribution in [3.63, 3.8) is 0 Å². The smallest absolute Gasteiger partial charge is 0.101 e. The number of fused-ring (bicyclic) bond motifs is 1. The molecule has 0 aliphatic carbocycles. The van der Waals surface area contributed by atoms with E-state index in [0.717, 1.165) is 5.52 Å². The minimum absolute atomic E-state index is 0.174. The molecule has 2 heterocycles. The van der Waals surface area contributed by atoms with E-state index >= 15 is 0 Å². The van der Waals surface area contributed by atoms with Crippen molar-refractivity contribution in [2.75, 3.05) is 0 Å². The van der Waals surface area contributed by atoms with Crippen LogP contribution < -0.4 is 0 Å². The Morgan fingerprint density at radius 3 is 2.77 bits per heavy atom. The third kappa shape index (κ3) is 1.44. The standard InChI is InChI=1S/C10H12N2S/c1-10(2,3)7-4-5-11-8-6-12-13-9(7)8/h4-6H,1-3H3. The molecular weight excluding hydrogens is 180 g/mol. The van der Waals surface area contributed by atoms with Crippen LogP contribution in [0.5, 0.6) is 0 Å². The van der Waals surface area contributed by atoms with E-state index < -0.39 is 0 Å². The minimum atomic E-state index is 0.174. The highest BCUT2D eigenvalue weighted by molar-refractivity contribution is 7.13. The molecule has 0 N–H and O–H groups in total. The lowest BCUT2D eigenvalue weighted by atomic mass is 9.87. The average molecular weight is 192 g/mol. The second-order valence-corrected chi connectivity index (χ2v) is 4.95. The summed E-state index contributed by atoms with van der Waals surface area (Å²) < 4.78 is 5.37. The van der Waals surface area contributed by atoms with E-state index in [-0.39, 0.29) is 5.41 Å². The molecule has 0 atom stereocenters. The number of pyridine rings is 1. The summed E-state index contributed by atoms with van der Waals surface area (Å²) in [5.74, 6) is 0. The molecule has 0 aromatic carbocycles. The van der Waals surface area contributed by atoms with Crippen LogP contribution in [0.1, 0.15) is 26.3 Å². The molecule has 0 saturated heterocycles. The van der Waals surface area contributed by atoms with E-state index in [1.807, 2.05) is 12.4 Å². The van der Waals surface area contributed by atoms with Gasteiger partial charge in [-0.15, -0.1) is 0 Å². The second-order valence-electron chi connectivity index (χ2n) is 4.15. The molecule has 0 radical (unpaired) electrons. The zero-order valence-electron chi connectivity index (χ0n) is 8.03. The van der Waals surface area contributed by atoms with Gasteiger partial charge in [0.05, 0.1) is 10.9 Å². The van der Waals surface area contributed by atoms with Gasteiger partial charge in [-0.25, -0.2) is 0 Å². The van der Waals surface area contributed by atoms with Crippen molar-refractivity contribution < 1.29 is 0 Å². The van der Waals surface area contributed by atoms with E-state index in [1.54, 1.807) is 0 Å². The van der Waals surface area contributed by atoms with Crippen LogP contribution in [0.2, 0.25) is 0 Å². The van der Waals surface area contributed by atoms with Gasteiger partial charge < -0.3 is 0 Å². The molecule has 13 heavy (non-hydrogen) atoms. The van der Waals surface area contributed by atoms with Crippen molar-refractivity contribution >= 4 is 21.7 Å². The topological polar surface area (TPSA) is 25.8 Å². The molecule has 0 bridgehead atoms. The van der Waals surface area contributed by atoms with Crippen LogP contribution in [0.15, 0.2) is 18.5 Å². The fraction of sp³-hybridized carbons (Fsp3) is 0.400. The first-order valence-corrected chi connectivity index (χ1v) is 5.06. The first kappa shape index (κ1) is 8.63. The molecule has 2 aromatic heterocycles. The van der Waals surface area contributed by atoms with Crippen LogP contribution >= 0.6 is 11.5 Å². The first-order valence-electron chi connectivity index (χ1n) is 4.29. The maximum absolute atomic E-state index is 4.26. The highest BCUT2D eigenvalue weighted by Crippen LogP contribution is 2.30. The Labute approximate surface area is 81.8 Å². The van der Waals surface area contributed by atoms with E-state index in [0.29, 0.717) is 0 Å². The maximum atomic E-state index is 4.26. The van der Waals surface area contributed by atoms with Gasteiger partial charge in [0.1, 0.15) is 5.52 Å². The lowest BCUT2D eigenvalue weighted by Crippen LogP contribution is -2.11. The summed E-state index contributed by atoms with van der Waals surface area (Å²) in [4.78, 5) is 4.26. The van der Waals surface area contributed by atoms with Gasteiger partial charge in [-0.3, -0.25) is 4.98 Å². The number of hydrogen-bond acceptors (Lipinski definition) is 3. The summed E-state index contributed by atoms with van der Waals surface area (Å²) in [5.41, 5.74) is 2.52. The van der Waals surface area contributed by atoms with Crippen molar-refractivity contribution in [3.05, 3.63) is 24.0 Å². The molecule has 2 nitrogen and oxygen atoms in total. The summed E-state index contributed by atoms with van der Waals surface area (Å²) in [6.07, 6.45) is 3.69. The van der Waals surface area contributed by atoms with E-state index in [4.69, 9.17) is 0 Å². The fourth-order valence-electron chi connectivity index (χ4n) is 1.37. The van der Waals surface area contributed by atoms with Gasteiger partial charge in [0.15, 0.2) is 0 Å². The number of aromatic nitrogens is 2. The molecule has 0 unspecified atom stereocenters. The normalized spacial score (nSPS) is 12.2. The maximum Gasteiger partial charge on any atom is 0.101 e. The largest absolute Gasteiger partial charge is 0.254 e. The summed E-state index contributed by atoms with van der Waals surface area (Å²) in [6, 6.07) is 2.08. The molecular formula is C10H12N2S. The van der Waals surface area contributed by atoms with E-state index in [9.17, 15) is 0 Å². The number of rotatable bonds is 0. The van der Waals surface area contributed by atoms with E-state index in [1.165, 1.54) is 21.8 Å². The van der Waals surface area contributed by atoms with Gasteiger partial charge in [0, 0.05) is 6.20 Å². The van der Waals surface area contributed by atoms with Crippen LogP contribution in [0.3, 0.4) is 0 Å². The van der Waals surface area contributed by atoms with Crippen molar-refractivity contribution in [1.29, 1.82) is 0 Å². The lowest BCUT2D eigenvalue weighted by molar-refractivity contribution is 0.596. The zero-order valence-corrected chi connectivity index (χ0v) is 8.85. The lowest BCUT2D eigenvalue weighted by Gasteiger charge is -2.18. The van der Waals surface area contributed by atoms with Gasteiger partial charge in [-0.2, -0.15) is 4.37 Å². The van der Waals surface area contributed by atoms with Crippen LogP contribution in [-0.4, -0.2) is 9.36 Å². The van der Waals surface area contributed by atoms with Crippen LogP contribution in [0.25, 0.3) is 10.2 Å². The Hall–Kier alpha value is -0.960. The molecule has 0 fully saturated rings. The Kier molecular flexibility index (Phi) is 1.84. The Morgan fingerprint density at radius 1 is 1.31 bits per heavy atom. The molecule has 3 heteroatoms. The summed E-state index contributed by atoms with van der Waals surface area (Å²) in [6.45, 7) is 6.63. The molecule has 0 spiro atoms. The summed E-state index contributed by atoms with van der Waals surface area (Å²) in [7, 11) is 0. The quantitative estimate of drug-likeness (QED) is 0.641. The monoisotopic (exact) mass is 192 g/mol. The highest BCUT2D eigenvalue weighted by atomic mass is 32.1. The van der Waals surface area contributed by atoms with Gasteiger partial charge in [0.25, 0.3) is 0 Å². The van der Waals surface area contributed by atoms with Crippen molar-refractivity contribution in [2.24, 2.45) is 0 Å². The SMILES string of the molecule is CC(C)(C)c1ccnc2cnsc12. The van der Waals surface area contributed by atoms with Gasteiger partial charge in [-0.05, 0) is 28.6 Å². The predicted octanol–water partition coefficient (Wildman–Crippen LogP) is 2.99. The predicted molar refractivity (Wildman–Crippen MR) is 56.1 cm³/mol. The number of hydrogen-bond donors (Lipinski definition) is 0. The van der Waals surface area contributed by atoms with Crippen molar-refractivity contribution in [2.45, 2.75) is 26.2 Å². The van der Waals surface area contributed by atoms with Crippen molar-refractivity contribution in [1.82, 2.24) is 9.36 Å². The summed E-state index contributed by atoms with van der Waals surface area (Å²) in [5, 5.41) is 0. The first-order chi connectivity index (χ1) is 6.09. The minimum Gasteiger partial charge on any atom is -0.254 e. The van der Waals surface area contributed by atoms with Gasteiger partial charge in [-0.1, -0.05) is 20.8 Å². The Bertz CT molecular complexity index is 426. The molecule has 0 aliphatic heterocycles. The second kappa shape index (κ2) is 2.77. The van der Waals surface area contributed by atoms with Crippen molar-refractivity contribution in [3.8, 4) is 0 Å². The van der Waals surface area contributed by atoms with Crippen LogP contribution in [0.4, 0.5) is 0 Å². The molecule has 68 valence electrons. The third-order valence-electron chi connectivity index (χ3n) is 2.06. The van der Waals surface area contributed by atoms with Gasteiger partial charge in [0.2, 0.25) is 0 Å². The fourth-order valence-corrected chi connectivity index (χ4v) is 2.30. The zero-order chi connectivity index (χ0) is 9.47. The molecule has 0 saturated carbocycles.